The smallest absolute Gasteiger partial charge is 0.217 e. The van der Waals surface area contributed by atoms with Gasteiger partial charge in [-0.15, -0.1) is 0 Å². The molecule has 0 unspecified atom stereocenters. The van der Waals surface area contributed by atoms with E-state index in [0.29, 0.717) is 18.6 Å². The van der Waals surface area contributed by atoms with E-state index in [1.807, 2.05) is 6.07 Å². The predicted octanol–water partition coefficient (Wildman–Crippen LogP) is 1.46. The van der Waals surface area contributed by atoms with Crippen molar-refractivity contribution in [1.82, 2.24) is 10.2 Å². The SMILES string of the molecule is CC(=O)N[C@@H]1CC[C@@]2(O)[C@H]3Cc4ccc(O)c5c4[C@@]2(CCN3CC2CC2)[C@@H]1O5. The van der Waals surface area contributed by atoms with Crippen molar-refractivity contribution >= 4 is 5.91 Å². The summed E-state index contributed by atoms with van der Waals surface area (Å²) in [5.41, 5.74) is 0.766. The molecule has 3 N–H and O–H groups in total. The fraction of sp³-hybridized carbons (Fsp3) is 0.682. The summed E-state index contributed by atoms with van der Waals surface area (Å²) >= 11 is 0. The van der Waals surface area contributed by atoms with Crippen LogP contribution in [0.4, 0.5) is 0 Å². The molecule has 1 spiro atoms. The molecule has 0 radical (unpaired) electrons. The summed E-state index contributed by atoms with van der Waals surface area (Å²) in [6.07, 6.45) is 5.22. The van der Waals surface area contributed by atoms with Crippen LogP contribution in [-0.4, -0.2) is 57.9 Å². The number of rotatable bonds is 3. The van der Waals surface area contributed by atoms with Gasteiger partial charge in [0.05, 0.1) is 17.1 Å². The number of hydrogen-bond acceptors (Lipinski definition) is 5. The van der Waals surface area contributed by atoms with E-state index in [2.05, 4.69) is 10.2 Å². The highest BCUT2D eigenvalue weighted by atomic mass is 16.5. The number of piperidine rings is 1. The molecule has 28 heavy (non-hydrogen) atoms. The van der Waals surface area contributed by atoms with E-state index in [1.165, 1.54) is 25.3 Å². The van der Waals surface area contributed by atoms with E-state index in [1.54, 1.807) is 6.07 Å². The van der Waals surface area contributed by atoms with Crippen LogP contribution in [0.2, 0.25) is 0 Å². The summed E-state index contributed by atoms with van der Waals surface area (Å²) < 4.78 is 6.37. The monoisotopic (exact) mass is 384 g/mol. The Bertz CT molecular complexity index is 868. The van der Waals surface area contributed by atoms with Crippen LogP contribution in [0.1, 0.15) is 50.2 Å². The van der Waals surface area contributed by atoms with Crippen LogP contribution < -0.4 is 10.1 Å². The van der Waals surface area contributed by atoms with E-state index in [9.17, 15) is 15.0 Å². The lowest BCUT2D eigenvalue weighted by Gasteiger charge is -2.64. The summed E-state index contributed by atoms with van der Waals surface area (Å²) in [4.78, 5) is 14.4. The zero-order valence-electron chi connectivity index (χ0n) is 16.3. The van der Waals surface area contributed by atoms with Crippen molar-refractivity contribution in [3.8, 4) is 11.5 Å². The number of carbonyl (C=O) groups excluding carboxylic acids is 1. The minimum absolute atomic E-state index is 0.0747. The van der Waals surface area contributed by atoms with Crippen LogP contribution in [0.3, 0.4) is 0 Å². The third kappa shape index (κ3) is 1.98. The Hall–Kier alpha value is -1.79. The first-order chi connectivity index (χ1) is 13.4. The average molecular weight is 384 g/mol. The number of nitrogens with zero attached hydrogens (tertiary/aromatic N) is 1. The Morgan fingerprint density at radius 3 is 2.89 bits per heavy atom. The molecule has 1 saturated heterocycles. The van der Waals surface area contributed by atoms with Gasteiger partial charge in [0.25, 0.3) is 0 Å². The van der Waals surface area contributed by atoms with Gasteiger partial charge in [-0.25, -0.2) is 0 Å². The minimum Gasteiger partial charge on any atom is -0.504 e. The third-order valence-electron chi connectivity index (χ3n) is 8.15. The number of nitrogens with one attached hydrogen (secondary N) is 1. The molecule has 6 rings (SSSR count). The number of likely N-dealkylation sites (tertiary alicyclic amines) is 1. The normalized spacial score (nSPS) is 40.6. The Kier molecular flexibility index (Phi) is 3.31. The fourth-order valence-electron chi connectivity index (χ4n) is 6.89. The maximum absolute atomic E-state index is 12.2. The number of ether oxygens (including phenoxy) is 1. The van der Waals surface area contributed by atoms with Crippen LogP contribution in [-0.2, 0) is 16.6 Å². The van der Waals surface area contributed by atoms with E-state index < -0.39 is 11.0 Å². The Morgan fingerprint density at radius 1 is 1.32 bits per heavy atom. The largest absolute Gasteiger partial charge is 0.504 e. The number of amides is 1. The van der Waals surface area contributed by atoms with Crippen molar-refractivity contribution in [1.29, 1.82) is 0 Å². The molecule has 3 fully saturated rings. The second-order valence-electron chi connectivity index (χ2n) is 9.64. The van der Waals surface area contributed by atoms with Crippen molar-refractivity contribution in [2.24, 2.45) is 5.92 Å². The molecule has 5 atom stereocenters. The number of benzene rings is 1. The molecular weight excluding hydrogens is 356 g/mol. The lowest BCUT2D eigenvalue weighted by molar-refractivity contribution is -0.192. The summed E-state index contributed by atoms with van der Waals surface area (Å²) in [6.45, 7) is 3.54. The average Bonchev–Trinajstić information content (AvgIpc) is 3.38. The topological polar surface area (TPSA) is 82.0 Å². The lowest BCUT2D eigenvalue weighted by Crippen LogP contribution is -2.78. The molecule has 6 nitrogen and oxygen atoms in total. The van der Waals surface area contributed by atoms with E-state index in [-0.39, 0.29) is 29.8 Å². The Morgan fingerprint density at radius 2 is 2.14 bits per heavy atom. The first-order valence-electron chi connectivity index (χ1n) is 10.7. The van der Waals surface area contributed by atoms with Gasteiger partial charge in [0.1, 0.15) is 6.10 Å². The van der Waals surface area contributed by atoms with E-state index >= 15 is 0 Å². The quantitative estimate of drug-likeness (QED) is 0.735. The van der Waals surface area contributed by atoms with Crippen LogP contribution >= 0.6 is 0 Å². The number of aliphatic hydroxyl groups is 1. The first-order valence-corrected chi connectivity index (χ1v) is 10.7. The zero-order chi connectivity index (χ0) is 19.3. The molecule has 1 amide bonds. The summed E-state index contributed by atoms with van der Waals surface area (Å²) in [5.74, 6) is 1.38. The number of aromatic hydroxyl groups is 1. The number of hydrogen-bond donors (Lipinski definition) is 3. The minimum atomic E-state index is -0.883. The Balaban J connectivity index is 1.52. The van der Waals surface area contributed by atoms with Crippen LogP contribution in [0, 0.1) is 5.92 Å². The highest BCUT2D eigenvalue weighted by molar-refractivity contribution is 5.73. The molecule has 150 valence electrons. The molecule has 5 aliphatic rings. The second kappa shape index (κ2) is 5.42. The maximum atomic E-state index is 12.2. The fourth-order valence-corrected chi connectivity index (χ4v) is 6.89. The van der Waals surface area contributed by atoms with Crippen molar-refractivity contribution < 1.29 is 19.7 Å². The number of phenolic OH excluding ortho intramolecular Hbond substituents is 1. The highest BCUT2D eigenvalue weighted by Gasteiger charge is 2.73. The molecule has 3 aliphatic carbocycles. The van der Waals surface area contributed by atoms with Gasteiger partial charge in [-0.2, -0.15) is 0 Å². The summed E-state index contributed by atoms with van der Waals surface area (Å²) in [6, 6.07) is 3.66. The zero-order valence-corrected chi connectivity index (χ0v) is 16.3. The molecule has 2 aliphatic heterocycles. The van der Waals surface area contributed by atoms with Gasteiger partial charge < -0.3 is 20.3 Å². The Labute approximate surface area is 164 Å². The lowest BCUT2D eigenvalue weighted by atomic mass is 9.48. The van der Waals surface area contributed by atoms with Crippen LogP contribution in [0.25, 0.3) is 0 Å². The van der Waals surface area contributed by atoms with Crippen LogP contribution in [0.5, 0.6) is 11.5 Å². The van der Waals surface area contributed by atoms with Crippen molar-refractivity contribution in [2.45, 2.75) is 74.7 Å². The third-order valence-corrected chi connectivity index (χ3v) is 8.15. The molecule has 1 aromatic carbocycles. The van der Waals surface area contributed by atoms with Crippen molar-refractivity contribution in [2.75, 3.05) is 13.1 Å². The second-order valence-corrected chi connectivity index (χ2v) is 9.64. The van der Waals surface area contributed by atoms with Gasteiger partial charge in [-0.1, -0.05) is 6.07 Å². The standard InChI is InChI=1S/C22H28N2O4/c1-12(25)23-15-6-7-22(27)17-10-14-4-5-16(26)19-18(14)21(22,20(15)28-19)8-9-24(17)11-13-2-3-13/h4-5,13,15,17,20,26-27H,2-3,6-11H2,1H3,(H,23,25)/t15-,17-,20-,21+,22-/m1/s1. The predicted molar refractivity (Wildman–Crippen MR) is 102 cm³/mol. The van der Waals surface area contributed by atoms with E-state index in [0.717, 1.165) is 37.4 Å². The molecule has 1 aromatic rings. The molecule has 2 heterocycles. The first kappa shape index (κ1) is 17.1. The molecule has 6 heteroatoms. The van der Waals surface area contributed by atoms with Gasteiger partial charge >= 0.3 is 0 Å². The number of carbonyl (C=O) groups is 1. The van der Waals surface area contributed by atoms with Gasteiger partial charge in [0, 0.05) is 25.1 Å². The number of phenols is 1. The highest BCUT2D eigenvalue weighted by Crippen LogP contribution is 2.65. The van der Waals surface area contributed by atoms with Crippen molar-refractivity contribution in [3.05, 3.63) is 23.3 Å². The molecule has 2 saturated carbocycles. The van der Waals surface area contributed by atoms with Gasteiger partial charge in [0.2, 0.25) is 5.91 Å². The van der Waals surface area contributed by atoms with E-state index in [4.69, 9.17) is 4.74 Å². The summed E-state index contributed by atoms with van der Waals surface area (Å²) in [7, 11) is 0. The molecular formula is C22H28N2O4. The van der Waals surface area contributed by atoms with Gasteiger partial charge in [0.15, 0.2) is 11.5 Å². The maximum Gasteiger partial charge on any atom is 0.217 e. The summed E-state index contributed by atoms with van der Waals surface area (Å²) in [5, 5.41) is 25.8. The molecule has 0 aromatic heterocycles. The van der Waals surface area contributed by atoms with Crippen LogP contribution in [0.15, 0.2) is 12.1 Å². The van der Waals surface area contributed by atoms with Gasteiger partial charge in [-0.05, 0) is 62.6 Å². The van der Waals surface area contributed by atoms with Crippen molar-refractivity contribution in [3.63, 3.8) is 0 Å². The molecule has 2 bridgehead atoms. The van der Waals surface area contributed by atoms with Gasteiger partial charge in [-0.3, -0.25) is 9.69 Å².